The molecule has 0 atom stereocenters. The summed E-state index contributed by atoms with van der Waals surface area (Å²) in [6, 6.07) is 13.9. The van der Waals surface area contributed by atoms with Gasteiger partial charge in [0.1, 0.15) is 17.2 Å². The minimum Gasteiger partial charge on any atom is -0.484 e. The molecule has 0 bridgehead atoms. The molecule has 1 aromatic heterocycles. The van der Waals surface area contributed by atoms with Crippen molar-refractivity contribution in [3.05, 3.63) is 65.5 Å². The second-order valence-corrected chi connectivity index (χ2v) is 8.39. The number of ether oxygens (including phenoxy) is 1. The van der Waals surface area contributed by atoms with Crippen LogP contribution in [0.2, 0.25) is 0 Å². The molecule has 0 unspecified atom stereocenters. The molecule has 178 valence electrons. The highest BCUT2D eigenvalue weighted by Crippen LogP contribution is 2.24. The van der Waals surface area contributed by atoms with Crippen LogP contribution in [0.5, 0.6) is 5.75 Å². The fraction of sp³-hybridized carbons (Fsp3) is 0.308. The number of oxazole rings is 1. The van der Waals surface area contributed by atoms with E-state index in [4.69, 9.17) is 9.15 Å². The van der Waals surface area contributed by atoms with E-state index in [2.05, 4.69) is 15.6 Å². The monoisotopic (exact) mass is 463 g/mol. The van der Waals surface area contributed by atoms with E-state index in [0.717, 1.165) is 5.56 Å². The number of aryl methyl sites for hydroxylation is 1. The van der Waals surface area contributed by atoms with Crippen molar-refractivity contribution in [1.82, 2.24) is 10.3 Å². The molecule has 0 saturated carbocycles. The number of anilines is 1. The van der Waals surface area contributed by atoms with Crippen molar-refractivity contribution in [2.75, 3.05) is 11.9 Å². The summed E-state index contributed by atoms with van der Waals surface area (Å²) in [7, 11) is 0. The Morgan fingerprint density at radius 1 is 1.06 bits per heavy atom. The summed E-state index contributed by atoms with van der Waals surface area (Å²) in [5.74, 6) is 1.38. The van der Waals surface area contributed by atoms with E-state index in [-0.39, 0.29) is 36.7 Å². The molecule has 0 spiro atoms. The topological polar surface area (TPSA) is 111 Å². The van der Waals surface area contributed by atoms with Gasteiger partial charge < -0.3 is 19.8 Å². The maximum atomic E-state index is 12.2. The van der Waals surface area contributed by atoms with E-state index in [0.29, 0.717) is 40.8 Å². The van der Waals surface area contributed by atoms with E-state index < -0.39 is 0 Å². The zero-order chi connectivity index (χ0) is 24.7. The number of Topliss-reactive ketones (excluding diaryl/α,β-unsaturated/α-hetero) is 1. The number of nitrogens with one attached hydrogen (secondary N) is 2. The van der Waals surface area contributed by atoms with Gasteiger partial charge in [0.2, 0.25) is 11.8 Å². The Balaban J connectivity index is 1.55. The second kappa shape index (κ2) is 11.3. The van der Waals surface area contributed by atoms with Crippen molar-refractivity contribution in [1.29, 1.82) is 0 Å². The van der Waals surface area contributed by atoms with Gasteiger partial charge in [0.25, 0.3) is 5.91 Å². The third kappa shape index (κ3) is 7.03. The summed E-state index contributed by atoms with van der Waals surface area (Å²) in [5, 5.41) is 5.65. The second-order valence-electron chi connectivity index (χ2n) is 8.39. The van der Waals surface area contributed by atoms with E-state index >= 15 is 0 Å². The molecule has 2 N–H and O–H groups in total. The summed E-state index contributed by atoms with van der Waals surface area (Å²) in [6.07, 6.45) is 0.444. The molecular weight excluding hydrogens is 434 g/mol. The average molecular weight is 464 g/mol. The maximum absolute atomic E-state index is 12.2. The SMILES string of the molecule is CC(=O)c1ccc(OCC(=O)NCc2nc(-c3cccc(NC(=O)CC(C)C)c3)oc2C)cc1. The van der Waals surface area contributed by atoms with Crippen LogP contribution >= 0.6 is 0 Å². The van der Waals surface area contributed by atoms with E-state index in [1.54, 1.807) is 37.3 Å². The number of nitrogens with zero attached hydrogens (tertiary/aromatic N) is 1. The Morgan fingerprint density at radius 3 is 2.47 bits per heavy atom. The summed E-state index contributed by atoms with van der Waals surface area (Å²) >= 11 is 0. The number of ketones is 1. The van der Waals surface area contributed by atoms with Crippen LogP contribution in [-0.4, -0.2) is 29.2 Å². The van der Waals surface area contributed by atoms with Crippen LogP contribution in [0.25, 0.3) is 11.5 Å². The molecule has 0 aliphatic heterocycles. The molecule has 1 heterocycles. The fourth-order valence-corrected chi connectivity index (χ4v) is 3.20. The van der Waals surface area contributed by atoms with Gasteiger partial charge in [-0.25, -0.2) is 4.98 Å². The van der Waals surface area contributed by atoms with Crippen molar-refractivity contribution in [3.8, 4) is 17.2 Å². The average Bonchev–Trinajstić information content (AvgIpc) is 3.16. The molecule has 3 aromatic rings. The highest BCUT2D eigenvalue weighted by atomic mass is 16.5. The van der Waals surface area contributed by atoms with E-state index in [9.17, 15) is 14.4 Å². The van der Waals surface area contributed by atoms with Crippen molar-refractivity contribution in [2.24, 2.45) is 5.92 Å². The third-order valence-electron chi connectivity index (χ3n) is 4.96. The lowest BCUT2D eigenvalue weighted by molar-refractivity contribution is -0.123. The lowest BCUT2D eigenvalue weighted by atomic mass is 10.1. The Kier molecular flexibility index (Phi) is 8.19. The van der Waals surface area contributed by atoms with Gasteiger partial charge in [0.15, 0.2) is 12.4 Å². The molecule has 8 heteroatoms. The van der Waals surface area contributed by atoms with Crippen LogP contribution in [0.3, 0.4) is 0 Å². The first-order valence-corrected chi connectivity index (χ1v) is 11.1. The van der Waals surface area contributed by atoms with Crippen LogP contribution in [0.1, 0.15) is 49.0 Å². The number of rotatable bonds is 10. The smallest absolute Gasteiger partial charge is 0.258 e. The van der Waals surface area contributed by atoms with E-state index in [1.807, 2.05) is 32.0 Å². The Morgan fingerprint density at radius 2 is 1.79 bits per heavy atom. The summed E-state index contributed by atoms with van der Waals surface area (Å²) < 4.78 is 11.2. The lowest BCUT2D eigenvalue weighted by Crippen LogP contribution is -2.28. The first-order chi connectivity index (χ1) is 16.2. The van der Waals surface area contributed by atoms with Gasteiger partial charge in [-0.2, -0.15) is 0 Å². The summed E-state index contributed by atoms with van der Waals surface area (Å²) in [5.41, 5.74) is 2.57. The van der Waals surface area contributed by atoms with Gasteiger partial charge in [-0.1, -0.05) is 19.9 Å². The van der Waals surface area contributed by atoms with Gasteiger partial charge in [0.05, 0.1) is 6.54 Å². The van der Waals surface area contributed by atoms with Crippen LogP contribution in [-0.2, 0) is 16.1 Å². The zero-order valence-corrected chi connectivity index (χ0v) is 19.8. The van der Waals surface area contributed by atoms with Crippen LogP contribution in [0, 0.1) is 12.8 Å². The molecule has 0 radical (unpaired) electrons. The Hall–Kier alpha value is -3.94. The predicted octanol–water partition coefficient (Wildman–Crippen LogP) is 4.53. The number of amides is 2. The lowest BCUT2D eigenvalue weighted by Gasteiger charge is -2.08. The number of carbonyl (C=O) groups is 3. The Bertz CT molecular complexity index is 1170. The van der Waals surface area contributed by atoms with Gasteiger partial charge in [0, 0.05) is 23.2 Å². The quantitative estimate of drug-likeness (QED) is 0.427. The van der Waals surface area contributed by atoms with Gasteiger partial charge in [-0.15, -0.1) is 0 Å². The predicted molar refractivity (Wildman–Crippen MR) is 129 cm³/mol. The number of aromatic nitrogens is 1. The van der Waals surface area contributed by atoms with Crippen molar-refractivity contribution >= 4 is 23.3 Å². The summed E-state index contributed by atoms with van der Waals surface area (Å²) in [4.78, 5) is 40.1. The van der Waals surface area contributed by atoms with Crippen molar-refractivity contribution in [3.63, 3.8) is 0 Å². The standard InChI is InChI=1S/C26H29N3O5/c1-16(2)12-24(31)28-21-7-5-6-20(13-21)26-29-23(18(4)34-26)14-27-25(32)15-33-22-10-8-19(9-11-22)17(3)30/h5-11,13,16H,12,14-15H2,1-4H3,(H,27,32)(H,28,31). The van der Waals surface area contributed by atoms with Crippen molar-refractivity contribution in [2.45, 2.75) is 40.7 Å². The third-order valence-corrected chi connectivity index (χ3v) is 4.96. The minimum absolute atomic E-state index is 0.0331. The van der Waals surface area contributed by atoms with Gasteiger partial charge >= 0.3 is 0 Å². The molecular formula is C26H29N3O5. The summed E-state index contributed by atoms with van der Waals surface area (Å²) in [6.45, 7) is 7.27. The first kappa shape index (κ1) is 24.7. The molecule has 0 aliphatic rings. The van der Waals surface area contributed by atoms with Crippen molar-refractivity contribution < 1.29 is 23.5 Å². The fourth-order valence-electron chi connectivity index (χ4n) is 3.20. The van der Waals surface area contributed by atoms with Gasteiger partial charge in [-0.05, 0) is 62.2 Å². The number of hydrogen-bond donors (Lipinski definition) is 2. The molecule has 2 amide bonds. The molecule has 0 saturated heterocycles. The van der Waals surface area contributed by atoms with Crippen LogP contribution in [0.4, 0.5) is 5.69 Å². The molecule has 8 nitrogen and oxygen atoms in total. The number of hydrogen-bond acceptors (Lipinski definition) is 6. The molecule has 34 heavy (non-hydrogen) atoms. The number of carbonyl (C=O) groups excluding carboxylic acids is 3. The zero-order valence-electron chi connectivity index (χ0n) is 19.8. The highest BCUT2D eigenvalue weighted by molar-refractivity contribution is 5.94. The number of benzene rings is 2. The van der Waals surface area contributed by atoms with Crippen LogP contribution in [0.15, 0.2) is 52.9 Å². The molecule has 0 aliphatic carbocycles. The minimum atomic E-state index is -0.311. The molecule has 0 fully saturated rings. The largest absolute Gasteiger partial charge is 0.484 e. The van der Waals surface area contributed by atoms with E-state index in [1.165, 1.54) is 6.92 Å². The highest BCUT2D eigenvalue weighted by Gasteiger charge is 2.14. The molecule has 3 rings (SSSR count). The first-order valence-electron chi connectivity index (χ1n) is 11.1. The molecule has 2 aromatic carbocycles. The van der Waals surface area contributed by atoms with Crippen LogP contribution < -0.4 is 15.4 Å². The maximum Gasteiger partial charge on any atom is 0.258 e. The normalized spacial score (nSPS) is 10.7. The van der Waals surface area contributed by atoms with Gasteiger partial charge in [-0.3, -0.25) is 14.4 Å². The Labute approximate surface area is 198 Å².